The lowest BCUT2D eigenvalue weighted by Gasteiger charge is -2.25. The molecule has 0 aromatic heterocycles. The van der Waals surface area contributed by atoms with E-state index in [1.165, 1.54) is 0 Å². The number of carbonyl (C=O) groups excluding carboxylic acids is 1. The first-order valence-corrected chi connectivity index (χ1v) is 11.0. The first kappa shape index (κ1) is 19.0. The smallest absolute Gasteiger partial charge is 0.243 e. The molecule has 1 amide bonds. The molecule has 0 aliphatic carbocycles. The normalized spacial score (nSPS) is 19.9. The van der Waals surface area contributed by atoms with Gasteiger partial charge in [-0.3, -0.25) is 4.79 Å². The predicted octanol–water partition coefficient (Wildman–Crippen LogP) is 3.13. The van der Waals surface area contributed by atoms with E-state index in [4.69, 9.17) is 4.74 Å². The Morgan fingerprint density at radius 1 is 1.14 bits per heavy atom. The molecule has 7 heteroatoms. The Morgan fingerprint density at radius 3 is 2.61 bits per heavy atom. The number of ether oxygens (including phenoxy) is 1. The highest BCUT2D eigenvalue weighted by Gasteiger charge is 2.37. The Balaban J connectivity index is 1.63. The molecule has 1 atom stereocenters. The number of carbonyl (C=O) groups is 1. The Morgan fingerprint density at radius 2 is 1.89 bits per heavy atom. The zero-order valence-corrected chi connectivity index (χ0v) is 16.9. The van der Waals surface area contributed by atoms with Crippen molar-refractivity contribution in [1.82, 2.24) is 4.31 Å². The minimum Gasteiger partial charge on any atom is -0.494 e. The summed E-state index contributed by atoms with van der Waals surface area (Å²) in [5.41, 5.74) is 2.53. The lowest BCUT2D eigenvalue weighted by molar-refractivity contribution is -0.117. The number of rotatable bonds is 5. The minimum atomic E-state index is -3.64. The molecule has 1 unspecified atom stereocenters. The van der Waals surface area contributed by atoms with E-state index in [0.29, 0.717) is 13.2 Å². The molecule has 1 fully saturated rings. The third kappa shape index (κ3) is 3.18. The summed E-state index contributed by atoms with van der Waals surface area (Å²) >= 11 is 0. The molecule has 28 heavy (non-hydrogen) atoms. The molecule has 2 heterocycles. The van der Waals surface area contributed by atoms with Crippen LogP contribution in [0.15, 0.2) is 47.4 Å². The van der Waals surface area contributed by atoms with E-state index < -0.39 is 10.0 Å². The summed E-state index contributed by atoms with van der Waals surface area (Å²) in [5.74, 6) is 0.768. The van der Waals surface area contributed by atoms with Gasteiger partial charge in [0.25, 0.3) is 0 Å². The predicted molar refractivity (Wildman–Crippen MR) is 107 cm³/mol. The molecule has 1 saturated heterocycles. The van der Waals surface area contributed by atoms with Crippen molar-refractivity contribution in [3.05, 3.63) is 53.6 Å². The van der Waals surface area contributed by atoms with Crippen LogP contribution in [-0.2, 0) is 21.2 Å². The van der Waals surface area contributed by atoms with Gasteiger partial charge in [0.15, 0.2) is 0 Å². The lowest BCUT2D eigenvalue weighted by Crippen LogP contribution is -2.30. The quantitative estimate of drug-likeness (QED) is 0.773. The molecule has 2 aliphatic heterocycles. The molecular formula is C21H24N2O4S. The number of amides is 1. The zero-order chi connectivity index (χ0) is 19.9. The van der Waals surface area contributed by atoms with Gasteiger partial charge in [0.05, 0.1) is 24.0 Å². The fourth-order valence-electron chi connectivity index (χ4n) is 4.06. The third-order valence-corrected chi connectivity index (χ3v) is 7.42. The van der Waals surface area contributed by atoms with Gasteiger partial charge in [-0.15, -0.1) is 0 Å². The Kier molecular flexibility index (Phi) is 4.89. The first-order valence-electron chi connectivity index (χ1n) is 9.56. The maximum Gasteiger partial charge on any atom is 0.243 e. The van der Waals surface area contributed by atoms with Crippen molar-refractivity contribution in [1.29, 1.82) is 0 Å². The molecular weight excluding hydrogens is 376 g/mol. The second kappa shape index (κ2) is 7.22. The second-order valence-electron chi connectivity index (χ2n) is 7.20. The van der Waals surface area contributed by atoms with Crippen LogP contribution in [0.2, 0.25) is 0 Å². The van der Waals surface area contributed by atoms with Gasteiger partial charge in [-0.25, -0.2) is 8.42 Å². The Hall–Kier alpha value is -2.38. The molecule has 2 aliphatic rings. The number of fused-ring (bicyclic) bond motifs is 1. The summed E-state index contributed by atoms with van der Waals surface area (Å²) in [6.07, 6.45) is 1.86. The molecule has 0 N–H and O–H groups in total. The molecule has 6 nitrogen and oxygen atoms in total. The van der Waals surface area contributed by atoms with Crippen molar-refractivity contribution in [3.63, 3.8) is 0 Å². The van der Waals surface area contributed by atoms with Crippen LogP contribution in [0, 0.1) is 0 Å². The van der Waals surface area contributed by atoms with E-state index in [-0.39, 0.29) is 23.3 Å². The topological polar surface area (TPSA) is 66.9 Å². The fraction of sp³-hybridized carbons (Fsp3) is 0.381. The van der Waals surface area contributed by atoms with Gasteiger partial charge in [-0.05, 0) is 61.2 Å². The molecule has 148 valence electrons. The molecule has 0 bridgehead atoms. The highest BCUT2D eigenvalue weighted by Crippen LogP contribution is 2.38. The van der Waals surface area contributed by atoms with E-state index >= 15 is 0 Å². The van der Waals surface area contributed by atoms with Crippen molar-refractivity contribution in [2.45, 2.75) is 37.1 Å². The molecule has 4 rings (SSSR count). The highest BCUT2D eigenvalue weighted by molar-refractivity contribution is 7.89. The Labute approximate surface area is 165 Å². The van der Waals surface area contributed by atoms with Crippen molar-refractivity contribution < 1.29 is 17.9 Å². The number of sulfonamides is 1. The van der Waals surface area contributed by atoms with E-state index in [2.05, 4.69) is 0 Å². The van der Waals surface area contributed by atoms with Crippen molar-refractivity contribution in [2.24, 2.45) is 0 Å². The van der Waals surface area contributed by atoms with Gasteiger partial charge in [0.1, 0.15) is 5.75 Å². The number of benzene rings is 2. The van der Waals surface area contributed by atoms with Gasteiger partial charge in [-0.1, -0.05) is 12.1 Å². The van der Waals surface area contributed by atoms with Crippen molar-refractivity contribution in [2.75, 3.05) is 25.1 Å². The van der Waals surface area contributed by atoms with Crippen molar-refractivity contribution in [3.8, 4) is 5.75 Å². The van der Waals surface area contributed by atoms with E-state index in [0.717, 1.165) is 35.4 Å². The molecule has 0 spiro atoms. The van der Waals surface area contributed by atoms with Crippen LogP contribution in [0.3, 0.4) is 0 Å². The van der Waals surface area contributed by atoms with Gasteiger partial charge in [0.2, 0.25) is 15.9 Å². The van der Waals surface area contributed by atoms with Crippen molar-refractivity contribution >= 4 is 21.6 Å². The highest BCUT2D eigenvalue weighted by atomic mass is 32.2. The maximum atomic E-state index is 13.4. The van der Waals surface area contributed by atoms with Gasteiger partial charge in [-0.2, -0.15) is 4.31 Å². The van der Waals surface area contributed by atoms with Crippen LogP contribution in [0.1, 0.15) is 36.9 Å². The summed E-state index contributed by atoms with van der Waals surface area (Å²) in [5, 5.41) is 0. The van der Waals surface area contributed by atoms with E-state index in [9.17, 15) is 13.2 Å². The van der Waals surface area contributed by atoms with Crippen LogP contribution in [0.4, 0.5) is 5.69 Å². The fourth-order valence-corrected chi connectivity index (χ4v) is 5.79. The maximum absolute atomic E-state index is 13.4. The van der Waals surface area contributed by atoms with Crippen LogP contribution >= 0.6 is 0 Å². The summed E-state index contributed by atoms with van der Waals surface area (Å²) in [6, 6.07) is 12.5. The van der Waals surface area contributed by atoms with Gasteiger partial charge < -0.3 is 9.64 Å². The van der Waals surface area contributed by atoms with E-state index in [1.807, 2.05) is 31.2 Å². The Bertz CT molecular complexity index is 1000. The SMILES string of the molecule is CCOc1ccc(C2CCCN2S(=O)(=O)c2ccc3c(c2)CC(=O)N3C)cc1. The zero-order valence-electron chi connectivity index (χ0n) is 16.1. The third-order valence-electron chi connectivity index (χ3n) is 5.51. The van der Waals surface area contributed by atoms with Crippen LogP contribution in [-0.4, -0.2) is 38.8 Å². The number of hydrogen-bond donors (Lipinski definition) is 0. The average Bonchev–Trinajstić information content (AvgIpc) is 3.28. The number of hydrogen-bond acceptors (Lipinski definition) is 4. The lowest BCUT2D eigenvalue weighted by atomic mass is 10.1. The van der Waals surface area contributed by atoms with Crippen LogP contribution in [0.5, 0.6) is 5.75 Å². The molecule has 2 aromatic carbocycles. The van der Waals surface area contributed by atoms with Gasteiger partial charge >= 0.3 is 0 Å². The summed E-state index contributed by atoms with van der Waals surface area (Å²) in [7, 11) is -1.93. The largest absolute Gasteiger partial charge is 0.494 e. The van der Waals surface area contributed by atoms with Crippen LogP contribution < -0.4 is 9.64 Å². The summed E-state index contributed by atoms with van der Waals surface area (Å²) in [6.45, 7) is 3.02. The first-order chi connectivity index (χ1) is 13.4. The molecule has 0 saturated carbocycles. The molecule has 2 aromatic rings. The number of nitrogens with zero attached hydrogens (tertiary/aromatic N) is 2. The summed E-state index contributed by atoms with van der Waals surface area (Å²) in [4.78, 5) is 13.7. The van der Waals surface area contributed by atoms with Crippen LogP contribution in [0.25, 0.3) is 0 Å². The standard InChI is InChI=1S/C21H24N2O4S/c1-3-27-17-8-6-15(7-9-17)20-5-4-12-23(20)28(25,26)18-10-11-19-16(13-18)14-21(24)22(19)2/h6-11,13,20H,3-5,12,14H2,1-2H3. The summed E-state index contributed by atoms with van der Waals surface area (Å²) < 4.78 is 33.8. The van der Waals surface area contributed by atoms with Gasteiger partial charge in [0, 0.05) is 19.3 Å². The number of anilines is 1. The second-order valence-corrected chi connectivity index (χ2v) is 9.09. The monoisotopic (exact) mass is 400 g/mol. The van der Waals surface area contributed by atoms with E-state index in [1.54, 1.807) is 34.5 Å². The molecule has 0 radical (unpaired) electrons. The number of likely N-dealkylation sites (N-methyl/N-ethyl adjacent to an activating group) is 1. The average molecular weight is 401 g/mol. The minimum absolute atomic E-state index is 0.0158.